The molecule has 1 aromatic rings. The standard InChI is InChI=1S/C13H24N4O/c1-16(2)5-3-6-17-10-15-8-12(17)13(14)11-4-7-18-9-11/h8,10-11,13H,3-7,9,14H2,1-2H3. The van der Waals surface area contributed by atoms with Gasteiger partial charge in [-0.1, -0.05) is 0 Å². The predicted molar refractivity (Wildman–Crippen MR) is 71.3 cm³/mol. The highest BCUT2D eigenvalue weighted by molar-refractivity contribution is 5.07. The van der Waals surface area contributed by atoms with Gasteiger partial charge in [-0.15, -0.1) is 0 Å². The van der Waals surface area contributed by atoms with E-state index in [1.165, 1.54) is 0 Å². The second-order valence-electron chi connectivity index (χ2n) is 5.32. The zero-order chi connectivity index (χ0) is 13.0. The fraction of sp³-hybridized carbons (Fsp3) is 0.769. The minimum absolute atomic E-state index is 0.0503. The lowest BCUT2D eigenvalue weighted by atomic mass is 9.97. The van der Waals surface area contributed by atoms with Crippen LogP contribution in [0.1, 0.15) is 24.6 Å². The minimum atomic E-state index is 0.0503. The molecule has 2 N–H and O–H groups in total. The van der Waals surface area contributed by atoms with Crippen molar-refractivity contribution < 1.29 is 4.74 Å². The molecule has 2 rings (SSSR count). The molecule has 1 saturated heterocycles. The van der Waals surface area contributed by atoms with E-state index in [9.17, 15) is 0 Å². The smallest absolute Gasteiger partial charge is 0.0948 e. The Balaban J connectivity index is 1.93. The quantitative estimate of drug-likeness (QED) is 0.816. The van der Waals surface area contributed by atoms with E-state index < -0.39 is 0 Å². The van der Waals surface area contributed by atoms with Gasteiger partial charge in [-0.05, 0) is 33.5 Å². The lowest BCUT2D eigenvalue weighted by Gasteiger charge is -2.19. The molecule has 1 fully saturated rings. The van der Waals surface area contributed by atoms with E-state index in [2.05, 4.69) is 28.5 Å². The zero-order valence-electron chi connectivity index (χ0n) is 11.4. The van der Waals surface area contributed by atoms with Crippen molar-refractivity contribution in [1.29, 1.82) is 0 Å². The third kappa shape index (κ3) is 3.31. The lowest BCUT2D eigenvalue weighted by Crippen LogP contribution is -2.25. The summed E-state index contributed by atoms with van der Waals surface area (Å²) in [4.78, 5) is 6.44. The molecule has 2 unspecified atom stereocenters. The highest BCUT2D eigenvalue weighted by atomic mass is 16.5. The molecule has 2 heterocycles. The molecular weight excluding hydrogens is 228 g/mol. The van der Waals surface area contributed by atoms with Crippen LogP contribution in [0.25, 0.3) is 0 Å². The molecule has 5 heteroatoms. The molecule has 1 aliphatic heterocycles. The van der Waals surface area contributed by atoms with Crippen LogP contribution in [0.3, 0.4) is 0 Å². The number of rotatable bonds is 6. The van der Waals surface area contributed by atoms with E-state index in [-0.39, 0.29) is 6.04 Å². The van der Waals surface area contributed by atoms with Crippen molar-refractivity contribution in [3.63, 3.8) is 0 Å². The molecule has 0 aliphatic carbocycles. The Hall–Kier alpha value is -0.910. The number of hydrogen-bond donors (Lipinski definition) is 1. The molecule has 0 aromatic carbocycles. The molecule has 1 aliphatic rings. The van der Waals surface area contributed by atoms with Crippen LogP contribution in [0.2, 0.25) is 0 Å². The molecule has 102 valence electrons. The number of hydrogen-bond acceptors (Lipinski definition) is 4. The maximum absolute atomic E-state index is 6.33. The summed E-state index contributed by atoms with van der Waals surface area (Å²) >= 11 is 0. The van der Waals surface area contributed by atoms with Gasteiger partial charge in [0.1, 0.15) is 0 Å². The maximum atomic E-state index is 6.33. The van der Waals surface area contributed by atoms with Crippen LogP contribution >= 0.6 is 0 Å². The summed E-state index contributed by atoms with van der Waals surface area (Å²) in [5.41, 5.74) is 7.47. The highest BCUT2D eigenvalue weighted by Gasteiger charge is 2.26. The van der Waals surface area contributed by atoms with Crippen LogP contribution in [-0.2, 0) is 11.3 Å². The van der Waals surface area contributed by atoms with Crippen LogP contribution < -0.4 is 5.73 Å². The summed E-state index contributed by atoms with van der Waals surface area (Å²) in [5.74, 6) is 0.439. The van der Waals surface area contributed by atoms with E-state index in [1.54, 1.807) is 0 Å². The van der Waals surface area contributed by atoms with Crippen LogP contribution in [0.15, 0.2) is 12.5 Å². The van der Waals surface area contributed by atoms with Gasteiger partial charge >= 0.3 is 0 Å². The predicted octanol–water partition coefficient (Wildman–Crippen LogP) is 0.871. The largest absolute Gasteiger partial charge is 0.381 e. The Bertz CT molecular complexity index is 358. The van der Waals surface area contributed by atoms with Crippen molar-refractivity contribution in [3.05, 3.63) is 18.2 Å². The van der Waals surface area contributed by atoms with Crippen molar-refractivity contribution in [2.75, 3.05) is 33.9 Å². The summed E-state index contributed by atoms with van der Waals surface area (Å²) < 4.78 is 7.60. The number of nitrogens with zero attached hydrogens (tertiary/aromatic N) is 3. The Morgan fingerprint density at radius 2 is 2.44 bits per heavy atom. The molecule has 0 saturated carbocycles. The van der Waals surface area contributed by atoms with E-state index in [1.807, 2.05) is 12.5 Å². The third-order valence-electron chi connectivity index (χ3n) is 3.56. The van der Waals surface area contributed by atoms with Crippen LogP contribution in [-0.4, -0.2) is 48.3 Å². The Morgan fingerprint density at radius 3 is 3.11 bits per heavy atom. The van der Waals surface area contributed by atoms with E-state index in [0.717, 1.165) is 44.8 Å². The first-order valence-electron chi connectivity index (χ1n) is 6.66. The van der Waals surface area contributed by atoms with Crippen molar-refractivity contribution in [2.24, 2.45) is 11.7 Å². The van der Waals surface area contributed by atoms with E-state index >= 15 is 0 Å². The number of aromatic nitrogens is 2. The molecule has 18 heavy (non-hydrogen) atoms. The van der Waals surface area contributed by atoms with Crippen molar-refractivity contribution in [1.82, 2.24) is 14.5 Å². The first kappa shape index (κ1) is 13.5. The molecule has 5 nitrogen and oxygen atoms in total. The summed E-state index contributed by atoms with van der Waals surface area (Å²) in [5, 5.41) is 0. The Labute approximate surface area is 109 Å². The highest BCUT2D eigenvalue weighted by Crippen LogP contribution is 2.26. The van der Waals surface area contributed by atoms with Crippen molar-refractivity contribution in [3.8, 4) is 0 Å². The molecule has 1 aromatic heterocycles. The maximum Gasteiger partial charge on any atom is 0.0948 e. The Morgan fingerprint density at radius 1 is 1.61 bits per heavy atom. The number of aryl methyl sites for hydroxylation is 1. The van der Waals surface area contributed by atoms with Gasteiger partial charge in [-0.25, -0.2) is 4.98 Å². The van der Waals surface area contributed by atoms with Gasteiger partial charge in [0, 0.05) is 25.3 Å². The molecule has 0 radical (unpaired) electrons. The van der Waals surface area contributed by atoms with Crippen LogP contribution in [0.4, 0.5) is 0 Å². The summed E-state index contributed by atoms with van der Waals surface area (Å²) in [6.07, 6.45) is 5.97. The number of imidazole rings is 1. The van der Waals surface area contributed by atoms with Gasteiger partial charge in [0.2, 0.25) is 0 Å². The van der Waals surface area contributed by atoms with E-state index in [4.69, 9.17) is 10.5 Å². The second-order valence-corrected chi connectivity index (χ2v) is 5.32. The molecule has 0 bridgehead atoms. The summed E-state index contributed by atoms with van der Waals surface area (Å²) in [7, 11) is 4.19. The number of ether oxygens (including phenoxy) is 1. The average molecular weight is 252 g/mol. The Kier molecular flexibility index (Phi) is 4.74. The van der Waals surface area contributed by atoms with Gasteiger partial charge in [-0.2, -0.15) is 0 Å². The summed E-state index contributed by atoms with van der Waals surface area (Å²) in [6.45, 7) is 3.69. The third-order valence-corrected chi connectivity index (χ3v) is 3.56. The van der Waals surface area contributed by atoms with Gasteiger partial charge in [0.25, 0.3) is 0 Å². The van der Waals surface area contributed by atoms with Crippen molar-refractivity contribution in [2.45, 2.75) is 25.4 Å². The summed E-state index contributed by atoms with van der Waals surface area (Å²) in [6, 6.07) is 0.0503. The van der Waals surface area contributed by atoms with Crippen LogP contribution in [0, 0.1) is 5.92 Å². The van der Waals surface area contributed by atoms with E-state index in [0.29, 0.717) is 5.92 Å². The molecule has 0 amide bonds. The van der Waals surface area contributed by atoms with Gasteiger partial charge in [0.05, 0.1) is 24.7 Å². The zero-order valence-corrected chi connectivity index (χ0v) is 11.4. The van der Waals surface area contributed by atoms with Crippen molar-refractivity contribution >= 4 is 0 Å². The van der Waals surface area contributed by atoms with Gasteiger partial charge in [-0.3, -0.25) is 0 Å². The first-order valence-corrected chi connectivity index (χ1v) is 6.66. The van der Waals surface area contributed by atoms with Gasteiger partial charge in [0.15, 0.2) is 0 Å². The van der Waals surface area contributed by atoms with Crippen LogP contribution in [0.5, 0.6) is 0 Å². The fourth-order valence-corrected chi connectivity index (χ4v) is 2.43. The first-order chi connectivity index (χ1) is 8.68. The fourth-order valence-electron chi connectivity index (χ4n) is 2.43. The molecule has 0 spiro atoms. The number of nitrogens with two attached hydrogens (primary N) is 1. The monoisotopic (exact) mass is 252 g/mol. The average Bonchev–Trinajstić information content (AvgIpc) is 2.98. The minimum Gasteiger partial charge on any atom is -0.381 e. The molecule has 2 atom stereocenters. The lowest BCUT2D eigenvalue weighted by molar-refractivity contribution is 0.180. The SMILES string of the molecule is CN(C)CCCn1cncc1C(N)C1CCOC1. The van der Waals surface area contributed by atoms with Gasteiger partial charge < -0.3 is 19.9 Å². The molecular formula is C13H24N4O. The normalized spacial score (nSPS) is 21.7. The second kappa shape index (κ2) is 6.31. The topological polar surface area (TPSA) is 56.3 Å².